The van der Waals surface area contributed by atoms with Crippen LogP contribution in [0.3, 0.4) is 0 Å². The molecule has 0 aliphatic carbocycles. The summed E-state index contributed by atoms with van der Waals surface area (Å²) in [5.74, 6) is 1.53. The third-order valence-electron chi connectivity index (χ3n) is 4.75. The molecule has 0 atom stereocenters. The van der Waals surface area contributed by atoms with Gasteiger partial charge in [-0.25, -0.2) is 4.57 Å². The zero-order valence-corrected chi connectivity index (χ0v) is 18.3. The Morgan fingerprint density at radius 1 is 1.16 bits per heavy atom. The molecular weight excluding hydrogens is 414 g/mol. The van der Waals surface area contributed by atoms with Crippen LogP contribution in [0, 0.1) is 5.92 Å². The number of amides is 1. The summed E-state index contributed by atoms with van der Waals surface area (Å²) in [5.41, 5.74) is 1.12. The van der Waals surface area contributed by atoms with Crippen molar-refractivity contribution in [3.05, 3.63) is 58.9 Å². The number of hydrogen-bond donors (Lipinski definition) is 1. The molecule has 4 aromatic rings. The highest BCUT2D eigenvalue weighted by Crippen LogP contribution is 2.24. The highest BCUT2D eigenvalue weighted by Gasteiger charge is 2.19. The van der Waals surface area contributed by atoms with Gasteiger partial charge < -0.3 is 10.1 Å². The number of fused-ring (bicyclic) bond motifs is 3. The van der Waals surface area contributed by atoms with E-state index in [1.165, 1.54) is 16.3 Å². The number of hydrogen-bond acceptors (Lipinski definition) is 6. The molecule has 9 heteroatoms. The van der Waals surface area contributed by atoms with Crippen molar-refractivity contribution in [2.45, 2.75) is 19.0 Å². The van der Waals surface area contributed by atoms with E-state index in [1.54, 1.807) is 19.2 Å². The lowest BCUT2D eigenvalue weighted by Crippen LogP contribution is -2.28. The topological polar surface area (TPSA) is 90.5 Å². The van der Waals surface area contributed by atoms with Gasteiger partial charge in [-0.3, -0.25) is 14.0 Å². The first kappa shape index (κ1) is 20.9. The second kappa shape index (κ2) is 8.81. The van der Waals surface area contributed by atoms with Crippen molar-refractivity contribution in [2.75, 3.05) is 19.4 Å². The van der Waals surface area contributed by atoms with Gasteiger partial charge in [0.1, 0.15) is 5.75 Å². The van der Waals surface area contributed by atoms with Crippen LogP contribution in [0.5, 0.6) is 5.75 Å². The molecule has 2 aromatic heterocycles. The molecule has 1 N–H and O–H groups in total. The number of para-hydroxylation sites is 1. The number of nitrogens with zero attached hydrogens (tertiary/aromatic N) is 4. The van der Waals surface area contributed by atoms with Crippen molar-refractivity contribution < 1.29 is 9.53 Å². The van der Waals surface area contributed by atoms with Gasteiger partial charge in [-0.05, 0) is 30.2 Å². The Hall–Kier alpha value is -3.33. The van der Waals surface area contributed by atoms with Gasteiger partial charge in [-0.2, -0.15) is 0 Å². The first-order valence-electron chi connectivity index (χ1n) is 9.92. The third-order valence-corrected chi connectivity index (χ3v) is 5.68. The predicted octanol–water partition coefficient (Wildman–Crippen LogP) is 2.91. The van der Waals surface area contributed by atoms with Crippen LogP contribution in [0.25, 0.3) is 22.4 Å². The van der Waals surface area contributed by atoms with Crippen molar-refractivity contribution in [1.29, 1.82) is 0 Å². The molecule has 2 aromatic carbocycles. The Bertz CT molecular complexity index is 1310. The van der Waals surface area contributed by atoms with Crippen molar-refractivity contribution in [3.63, 3.8) is 0 Å². The fourth-order valence-corrected chi connectivity index (χ4v) is 4.02. The van der Waals surface area contributed by atoms with Crippen LogP contribution in [0.1, 0.15) is 13.8 Å². The second-order valence-electron chi connectivity index (χ2n) is 7.46. The van der Waals surface area contributed by atoms with Gasteiger partial charge in [0.05, 0.1) is 29.5 Å². The molecular formula is C22H23N5O3S. The van der Waals surface area contributed by atoms with E-state index in [2.05, 4.69) is 15.5 Å². The van der Waals surface area contributed by atoms with Crippen molar-refractivity contribution in [2.24, 2.45) is 5.92 Å². The number of aromatic nitrogens is 4. The quantitative estimate of drug-likeness (QED) is 0.447. The number of carbonyl (C=O) groups excluding carboxylic acids is 1. The van der Waals surface area contributed by atoms with Crippen LogP contribution in [0.15, 0.2) is 58.5 Å². The lowest BCUT2D eigenvalue weighted by molar-refractivity contribution is -0.118. The van der Waals surface area contributed by atoms with Gasteiger partial charge >= 0.3 is 0 Å². The van der Waals surface area contributed by atoms with Crippen LogP contribution in [0.4, 0.5) is 0 Å². The summed E-state index contributed by atoms with van der Waals surface area (Å²) in [6.07, 6.45) is 0. The lowest BCUT2D eigenvalue weighted by Gasteiger charge is -2.12. The Labute approximate surface area is 183 Å². The Balaban J connectivity index is 1.83. The van der Waals surface area contributed by atoms with Gasteiger partial charge in [0.25, 0.3) is 5.56 Å². The molecule has 0 radical (unpaired) electrons. The van der Waals surface area contributed by atoms with E-state index in [1.807, 2.05) is 54.6 Å². The number of nitrogens with one attached hydrogen (secondary N) is 1. The maximum absolute atomic E-state index is 13.3. The summed E-state index contributed by atoms with van der Waals surface area (Å²) in [4.78, 5) is 25.5. The normalized spacial score (nSPS) is 11.4. The zero-order valence-electron chi connectivity index (χ0n) is 17.5. The molecule has 1 amide bonds. The summed E-state index contributed by atoms with van der Waals surface area (Å²) in [6, 6.07) is 14.5. The highest BCUT2D eigenvalue weighted by molar-refractivity contribution is 7.99. The minimum atomic E-state index is -0.199. The second-order valence-corrected chi connectivity index (χ2v) is 8.41. The Morgan fingerprint density at radius 2 is 1.97 bits per heavy atom. The predicted molar refractivity (Wildman–Crippen MR) is 121 cm³/mol. The minimum Gasteiger partial charge on any atom is -0.497 e. The fourth-order valence-electron chi connectivity index (χ4n) is 3.25. The van der Waals surface area contributed by atoms with E-state index in [0.717, 1.165) is 0 Å². The van der Waals surface area contributed by atoms with Gasteiger partial charge in [-0.15, -0.1) is 10.2 Å². The average Bonchev–Trinajstić information content (AvgIpc) is 3.20. The highest BCUT2D eigenvalue weighted by atomic mass is 32.2. The largest absolute Gasteiger partial charge is 0.497 e. The van der Waals surface area contributed by atoms with E-state index in [9.17, 15) is 9.59 Å². The number of benzene rings is 2. The first-order valence-corrected chi connectivity index (χ1v) is 10.9. The molecule has 0 bridgehead atoms. The van der Waals surface area contributed by atoms with Gasteiger partial charge in [0.2, 0.25) is 11.7 Å². The summed E-state index contributed by atoms with van der Waals surface area (Å²) in [6.45, 7) is 4.71. The van der Waals surface area contributed by atoms with E-state index >= 15 is 0 Å². The van der Waals surface area contributed by atoms with Crippen molar-refractivity contribution >= 4 is 34.3 Å². The van der Waals surface area contributed by atoms with E-state index in [4.69, 9.17) is 4.74 Å². The fraction of sp³-hybridized carbons (Fsp3) is 0.273. The minimum absolute atomic E-state index is 0.0686. The molecule has 0 aliphatic rings. The van der Waals surface area contributed by atoms with Crippen LogP contribution in [-0.4, -0.2) is 44.5 Å². The zero-order chi connectivity index (χ0) is 22.0. The molecule has 0 saturated heterocycles. The molecule has 8 nitrogen and oxygen atoms in total. The van der Waals surface area contributed by atoms with E-state index in [-0.39, 0.29) is 17.2 Å². The van der Waals surface area contributed by atoms with Crippen molar-refractivity contribution in [3.8, 4) is 11.4 Å². The number of thioether (sulfide) groups is 1. The van der Waals surface area contributed by atoms with E-state index in [0.29, 0.717) is 45.7 Å². The lowest BCUT2D eigenvalue weighted by atomic mass is 10.2. The van der Waals surface area contributed by atoms with Crippen LogP contribution >= 0.6 is 11.8 Å². The molecule has 0 unspecified atom stereocenters. The molecule has 31 heavy (non-hydrogen) atoms. The van der Waals surface area contributed by atoms with E-state index < -0.39 is 0 Å². The molecule has 160 valence electrons. The van der Waals surface area contributed by atoms with Gasteiger partial charge in [-0.1, -0.05) is 43.8 Å². The molecule has 4 rings (SSSR count). The van der Waals surface area contributed by atoms with Crippen molar-refractivity contribution in [1.82, 2.24) is 24.5 Å². The SMILES string of the molecule is COc1cccc(-n2c(=O)c3ccccc3n3c(SCC(=O)NCC(C)C)nnc23)c1. The number of ether oxygens (including phenoxy) is 1. The van der Waals surface area contributed by atoms with Crippen LogP contribution in [0.2, 0.25) is 0 Å². The summed E-state index contributed by atoms with van der Waals surface area (Å²) in [5, 5.41) is 12.6. The number of carbonyl (C=O) groups is 1. The molecule has 0 fully saturated rings. The molecule has 0 spiro atoms. The standard InChI is InChI=1S/C22H23N5O3S/c1-14(2)12-23-19(28)13-31-22-25-24-21-26(15-7-6-8-16(11-15)30-3)20(29)17-9-4-5-10-18(17)27(21)22/h4-11,14H,12-13H2,1-3H3,(H,23,28). The molecule has 2 heterocycles. The first-order chi connectivity index (χ1) is 15.0. The number of rotatable bonds is 7. The van der Waals surface area contributed by atoms with Crippen LogP contribution in [-0.2, 0) is 4.79 Å². The summed E-state index contributed by atoms with van der Waals surface area (Å²) in [7, 11) is 1.58. The number of methoxy groups -OCH3 is 1. The van der Waals surface area contributed by atoms with Gasteiger partial charge in [0.15, 0.2) is 5.16 Å². The maximum Gasteiger partial charge on any atom is 0.267 e. The summed E-state index contributed by atoms with van der Waals surface area (Å²) >= 11 is 1.29. The smallest absolute Gasteiger partial charge is 0.267 e. The molecule has 0 saturated carbocycles. The van der Waals surface area contributed by atoms with Crippen LogP contribution < -0.4 is 15.6 Å². The monoisotopic (exact) mass is 437 g/mol. The average molecular weight is 438 g/mol. The molecule has 0 aliphatic heterocycles. The van der Waals surface area contributed by atoms with Gasteiger partial charge in [0, 0.05) is 12.6 Å². The summed E-state index contributed by atoms with van der Waals surface area (Å²) < 4.78 is 8.65. The Kier molecular flexibility index (Phi) is 5.94. The maximum atomic E-state index is 13.3. The third kappa shape index (κ3) is 4.13. The Morgan fingerprint density at radius 3 is 2.74 bits per heavy atom.